The minimum atomic E-state index is 0.281. The second kappa shape index (κ2) is 4.37. The quantitative estimate of drug-likeness (QED) is 0.864. The molecule has 104 valence electrons. The number of aromatic nitrogens is 1. The van der Waals surface area contributed by atoms with Crippen molar-refractivity contribution >= 4 is 23.0 Å². The number of H-pyrrole nitrogens is 1. The zero-order valence-corrected chi connectivity index (χ0v) is 11.9. The largest absolute Gasteiger partial charge is 0.358 e. The van der Waals surface area contributed by atoms with Crippen LogP contribution in [0.15, 0.2) is 18.2 Å². The van der Waals surface area contributed by atoms with E-state index < -0.39 is 0 Å². The highest BCUT2D eigenvalue weighted by molar-refractivity contribution is 5.93. The Balaban J connectivity index is 1.93. The molecule has 0 saturated carbocycles. The van der Waals surface area contributed by atoms with Crippen LogP contribution in [0, 0.1) is 0 Å². The van der Waals surface area contributed by atoms with Gasteiger partial charge < -0.3 is 14.7 Å². The molecule has 3 nitrogen and oxygen atoms in total. The summed E-state index contributed by atoms with van der Waals surface area (Å²) < 4.78 is 0. The highest BCUT2D eigenvalue weighted by Gasteiger charge is 2.34. The number of nitrogens with one attached hydrogen (secondary N) is 1. The lowest BCUT2D eigenvalue weighted by molar-refractivity contribution is -0.108. The molecule has 3 aliphatic rings. The summed E-state index contributed by atoms with van der Waals surface area (Å²) in [7, 11) is 0. The van der Waals surface area contributed by atoms with Crippen LogP contribution in [0.3, 0.4) is 0 Å². The summed E-state index contributed by atoms with van der Waals surface area (Å²) in [4.78, 5) is 17.0. The molecule has 1 atom stereocenters. The fraction of sp³-hybridized carbons (Fsp3) is 0.471. The van der Waals surface area contributed by atoms with Crippen LogP contribution in [0.5, 0.6) is 0 Å². The van der Waals surface area contributed by atoms with Gasteiger partial charge in [-0.1, -0.05) is 25.1 Å². The molecule has 3 aliphatic heterocycles. The first kappa shape index (κ1) is 12.0. The van der Waals surface area contributed by atoms with Crippen molar-refractivity contribution < 1.29 is 4.79 Å². The predicted octanol–water partition coefficient (Wildman–Crippen LogP) is 3.56. The first-order valence-corrected chi connectivity index (χ1v) is 7.62. The van der Waals surface area contributed by atoms with E-state index in [9.17, 15) is 4.79 Å². The molecule has 1 aromatic carbocycles. The van der Waals surface area contributed by atoms with Crippen LogP contribution in [-0.2, 0) is 4.79 Å². The molecule has 0 radical (unpaired) electrons. The van der Waals surface area contributed by atoms with E-state index in [0.29, 0.717) is 6.42 Å². The second-order valence-corrected chi connectivity index (χ2v) is 6.22. The standard InChI is InChI=1S/C17H20N2O/c1-11(7-10-20)13-3-2-4-14-15-12-5-8-19(9-6-12)17(15)18-16(13)14/h2-4,10-12,18H,5-9H2,1H3. The van der Waals surface area contributed by atoms with Gasteiger partial charge in [0.2, 0.25) is 0 Å². The van der Waals surface area contributed by atoms with Gasteiger partial charge in [-0.3, -0.25) is 0 Å². The van der Waals surface area contributed by atoms with Crippen molar-refractivity contribution in [2.45, 2.75) is 38.0 Å². The Morgan fingerprint density at radius 3 is 2.95 bits per heavy atom. The number of carbonyl (C=O) groups is 1. The summed E-state index contributed by atoms with van der Waals surface area (Å²) in [5, 5.41) is 1.38. The van der Waals surface area contributed by atoms with E-state index in [1.807, 2.05) is 0 Å². The maximum Gasteiger partial charge on any atom is 0.120 e. The van der Waals surface area contributed by atoms with E-state index in [-0.39, 0.29) is 5.92 Å². The van der Waals surface area contributed by atoms with Gasteiger partial charge in [0, 0.05) is 30.5 Å². The highest BCUT2D eigenvalue weighted by atomic mass is 16.1. The molecule has 4 heterocycles. The fourth-order valence-electron chi connectivity index (χ4n) is 3.98. The predicted molar refractivity (Wildman–Crippen MR) is 81.6 cm³/mol. The number of nitrogens with zero attached hydrogens (tertiary/aromatic N) is 1. The van der Waals surface area contributed by atoms with E-state index in [2.05, 4.69) is 35.0 Å². The van der Waals surface area contributed by atoms with Gasteiger partial charge in [-0.25, -0.2) is 0 Å². The monoisotopic (exact) mass is 268 g/mol. The normalized spacial score (nSPS) is 19.4. The third-order valence-corrected chi connectivity index (χ3v) is 5.09. The molecule has 0 spiro atoms. The fourth-order valence-corrected chi connectivity index (χ4v) is 3.98. The Labute approximate surface area is 119 Å². The van der Waals surface area contributed by atoms with Gasteiger partial charge >= 0.3 is 0 Å². The number of para-hydroxylation sites is 1. The number of anilines is 1. The summed E-state index contributed by atoms with van der Waals surface area (Å²) in [5.41, 5.74) is 4.06. The van der Waals surface area contributed by atoms with E-state index in [4.69, 9.17) is 0 Å². The molecule has 5 rings (SSSR count). The number of fused-ring (bicyclic) bond motifs is 3. The van der Waals surface area contributed by atoms with Crippen LogP contribution in [0.25, 0.3) is 10.9 Å². The second-order valence-electron chi connectivity index (χ2n) is 6.22. The Hall–Kier alpha value is -1.77. The lowest BCUT2D eigenvalue weighted by Crippen LogP contribution is -2.38. The third-order valence-electron chi connectivity index (χ3n) is 5.09. The van der Waals surface area contributed by atoms with Crippen molar-refractivity contribution in [2.75, 3.05) is 18.0 Å². The van der Waals surface area contributed by atoms with Crippen molar-refractivity contribution in [3.63, 3.8) is 0 Å². The number of aromatic amines is 1. The number of hydrogen-bond donors (Lipinski definition) is 1. The van der Waals surface area contributed by atoms with Gasteiger partial charge in [0.1, 0.15) is 12.1 Å². The number of aldehydes is 1. The number of benzene rings is 1. The van der Waals surface area contributed by atoms with Crippen molar-refractivity contribution in [3.05, 3.63) is 29.3 Å². The van der Waals surface area contributed by atoms with Gasteiger partial charge in [-0.15, -0.1) is 0 Å². The van der Waals surface area contributed by atoms with Crippen LogP contribution in [-0.4, -0.2) is 24.4 Å². The molecule has 1 unspecified atom stereocenters. The molecule has 0 amide bonds. The van der Waals surface area contributed by atoms with Gasteiger partial charge in [0.05, 0.1) is 5.52 Å². The average molecular weight is 268 g/mol. The van der Waals surface area contributed by atoms with Gasteiger partial charge in [0.15, 0.2) is 0 Å². The molecule has 2 bridgehead atoms. The van der Waals surface area contributed by atoms with Gasteiger partial charge in [-0.05, 0) is 30.2 Å². The zero-order valence-electron chi connectivity index (χ0n) is 11.9. The van der Waals surface area contributed by atoms with E-state index in [1.54, 1.807) is 0 Å². The molecule has 20 heavy (non-hydrogen) atoms. The lowest BCUT2D eigenvalue weighted by atomic mass is 9.84. The maximum absolute atomic E-state index is 10.8. The molecule has 1 saturated heterocycles. The van der Waals surface area contributed by atoms with Crippen LogP contribution >= 0.6 is 0 Å². The summed E-state index contributed by atoms with van der Waals surface area (Å²) in [6, 6.07) is 6.55. The summed E-state index contributed by atoms with van der Waals surface area (Å²) in [6.07, 6.45) is 4.19. The van der Waals surface area contributed by atoms with Crippen LogP contribution < -0.4 is 4.90 Å². The minimum absolute atomic E-state index is 0.281. The lowest BCUT2D eigenvalue weighted by Gasteiger charge is -2.40. The van der Waals surface area contributed by atoms with E-state index >= 15 is 0 Å². The molecule has 2 aromatic rings. The molecular weight excluding hydrogens is 248 g/mol. The molecular formula is C17H20N2O. The molecule has 1 aromatic heterocycles. The van der Waals surface area contributed by atoms with Crippen LogP contribution in [0.4, 0.5) is 5.82 Å². The first-order chi connectivity index (χ1) is 9.79. The highest BCUT2D eigenvalue weighted by Crippen LogP contribution is 2.46. The van der Waals surface area contributed by atoms with Crippen molar-refractivity contribution in [2.24, 2.45) is 0 Å². The minimum Gasteiger partial charge on any atom is -0.358 e. The van der Waals surface area contributed by atoms with Crippen LogP contribution in [0.2, 0.25) is 0 Å². The maximum atomic E-state index is 10.8. The summed E-state index contributed by atoms with van der Waals surface area (Å²) in [5.74, 6) is 2.34. The Morgan fingerprint density at radius 1 is 1.40 bits per heavy atom. The molecule has 1 fully saturated rings. The Bertz CT molecular complexity index is 665. The van der Waals surface area contributed by atoms with Gasteiger partial charge in [-0.2, -0.15) is 0 Å². The average Bonchev–Trinajstić information content (AvgIpc) is 2.90. The van der Waals surface area contributed by atoms with Crippen molar-refractivity contribution in [3.8, 4) is 0 Å². The Kier molecular flexibility index (Phi) is 2.62. The molecule has 3 heteroatoms. The van der Waals surface area contributed by atoms with Crippen molar-refractivity contribution in [1.82, 2.24) is 4.98 Å². The smallest absolute Gasteiger partial charge is 0.120 e. The number of piperidine rings is 1. The summed E-state index contributed by atoms with van der Waals surface area (Å²) >= 11 is 0. The number of hydrogen-bond acceptors (Lipinski definition) is 2. The zero-order chi connectivity index (χ0) is 13.7. The third kappa shape index (κ3) is 1.55. The van der Waals surface area contributed by atoms with Crippen molar-refractivity contribution in [1.29, 1.82) is 0 Å². The van der Waals surface area contributed by atoms with Gasteiger partial charge in [0.25, 0.3) is 0 Å². The van der Waals surface area contributed by atoms with E-state index in [1.165, 1.54) is 53.8 Å². The van der Waals surface area contributed by atoms with Crippen LogP contribution in [0.1, 0.15) is 49.1 Å². The topological polar surface area (TPSA) is 36.1 Å². The number of carbonyl (C=O) groups excluding carboxylic acids is 1. The van der Waals surface area contributed by atoms with E-state index in [0.717, 1.165) is 12.2 Å². The SMILES string of the molecule is CC(CC=O)c1cccc2c3c([nH]c12)N1CCC3CC1. The molecule has 0 aliphatic carbocycles. The number of rotatable bonds is 3. The molecule has 1 N–H and O–H groups in total. The Morgan fingerprint density at radius 2 is 2.20 bits per heavy atom. The first-order valence-electron chi connectivity index (χ1n) is 7.62. The summed E-state index contributed by atoms with van der Waals surface area (Å²) in [6.45, 7) is 4.51.